The van der Waals surface area contributed by atoms with Crippen LogP contribution in [0.4, 0.5) is 5.69 Å². The summed E-state index contributed by atoms with van der Waals surface area (Å²) in [6.45, 7) is 0. The molecule has 0 fully saturated rings. The van der Waals surface area contributed by atoms with E-state index in [4.69, 9.17) is 28.9 Å². The molecule has 1 aromatic carbocycles. The Morgan fingerprint density at radius 1 is 1.29 bits per heavy atom. The molecule has 2 nitrogen and oxygen atoms in total. The van der Waals surface area contributed by atoms with E-state index in [0.717, 1.165) is 0 Å². The van der Waals surface area contributed by atoms with E-state index in [2.05, 4.69) is 15.9 Å². The minimum atomic E-state index is -0.160. The van der Waals surface area contributed by atoms with Crippen LogP contribution in [0.15, 0.2) is 28.7 Å². The van der Waals surface area contributed by atoms with E-state index in [1.807, 2.05) is 0 Å². The highest BCUT2D eigenvalue weighted by Gasteiger charge is 2.16. The molecule has 2 aromatic rings. The van der Waals surface area contributed by atoms with Crippen molar-refractivity contribution in [1.29, 1.82) is 0 Å². The molecule has 88 valence electrons. The molecule has 6 heteroatoms. The van der Waals surface area contributed by atoms with Gasteiger partial charge in [0.25, 0.3) is 0 Å². The molecule has 0 unspecified atom stereocenters. The van der Waals surface area contributed by atoms with Crippen LogP contribution in [-0.4, -0.2) is 5.78 Å². The fourth-order valence-corrected chi connectivity index (χ4v) is 3.24. The van der Waals surface area contributed by atoms with E-state index < -0.39 is 0 Å². The summed E-state index contributed by atoms with van der Waals surface area (Å²) in [4.78, 5) is 12.7. The van der Waals surface area contributed by atoms with Crippen molar-refractivity contribution in [3.8, 4) is 0 Å². The highest BCUT2D eigenvalue weighted by molar-refractivity contribution is 9.10. The molecule has 0 aliphatic rings. The number of nitrogen functional groups attached to an aromatic ring is 1. The van der Waals surface area contributed by atoms with Gasteiger partial charge in [-0.25, -0.2) is 0 Å². The third kappa shape index (κ3) is 2.65. The summed E-state index contributed by atoms with van der Waals surface area (Å²) in [6, 6.07) is 6.49. The molecule has 0 amide bonds. The van der Waals surface area contributed by atoms with Crippen molar-refractivity contribution in [3.63, 3.8) is 0 Å². The molecule has 1 heterocycles. The van der Waals surface area contributed by atoms with Crippen molar-refractivity contribution in [2.75, 3.05) is 5.73 Å². The molecule has 0 aliphatic heterocycles. The van der Waals surface area contributed by atoms with Gasteiger partial charge in [-0.15, -0.1) is 11.3 Å². The molecular weight excluding hydrogens is 345 g/mol. The number of hydrogen-bond acceptors (Lipinski definition) is 3. The van der Waals surface area contributed by atoms with E-state index in [-0.39, 0.29) is 5.78 Å². The standard InChI is InChI=1S/C11H6BrCl2NOS/c12-7-4-9(17-11(7)14)10(16)6-2-1-5(15)3-8(6)13/h1-4H,15H2. The Kier molecular flexibility index (Phi) is 3.78. The lowest BCUT2D eigenvalue weighted by Gasteiger charge is -2.02. The summed E-state index contributed by atoms with van der Waals surface area (Å²) < 4.78 is 1.25. The van der Waals surface area contributed by atoms with Gasteiger partial charge in [-0.05, 0) is 40.2 Å². The highest BCUT2D eigenvalue weighted by Crippen LogP contribution is 2.34. The van der Waals surface area contributed by atoms with Crippen LogP contribution in [0.1, 0.15) is 15.2 Å². The minimum Gasteiger partial charge on any atom is -0.399 e. The summed E-state index contributed by atoms with van der Waals surface area (Å²) in [5.41, 5.74) is 6.52. The second-order valence-corrected chi connectivity index (χ2v) is 6.22. The molecule has 2 rings (SSSR count). The monoisotopic (exact) mass is 349 g/mol. The fourth-order valence-electron chi connectivity index (χ4n) is 1.31. The van der Waals surface area contributed by atoms with Crippen molar-refractivity contribution in [2.24, 2.45) is 0 Å². The van der Waals surface area contributed by atoms with Crippen LogP contribution in [0.2, 0.25) is 9.36 Å². The molecule has 0 saturated heterocycles. The molecule has 0 spiro atoms. The summed E-state index contributed by atoms with van der Waals surface area (Å²) in [6.07, 6.45) is 0. The van der Waals surface area contributed by atoms with E-state index in [1.165, 1.54) is 11.3 Å². The smallest absolute Gasteiger partial charge is 0.204 e. The van der Waals surface area contributed by atoms with Gasteiger partial charge < -0.3 is 5.73 Å². The Morgan fingerprint density at radius 3 is 2.53 bits per heavy atom. The third-order valence-corrected chi connectivity index (χ3v) is 4.89. The number of anilines is 1. The normalized spacial score (nSPS) is 10.5. The fraction of sp³-hybridized carbons (Fsp3) is 0. The predicted octanol–water partition coefficient (Wildman–Crippen LogP) is 4.63. The molecule has 2 N–H and O–H groups in total. The van der Waals surface area contributed by atoms with E-state index in [9.17, 15) is 4.79 Å². The number of carbonyl (C=O) groups is 1. The first kappa shape index (κ1) is 12.9. The summed E-state index contributed by atoms with van der Waals surface area (Å²) in [7, 11) is 0. The van der Waals surface area contributed by atoms with Crippen LogP contribution in [0.25, 0.3) is 0 Å². The number of benzene rings is 1. The maximum Gasteiger partial charge on any atom is 0.204 e. The van der Waals surface area contributed by atoms with Crippen molar-refractivity contribution < 1.29 is 4.79 Å². The maximum absolute atomic E-state index is 12.1. The maximum atomic E-state index is 12.1. The van der Waals surface area contributed by atoms with E-state index >= 15 is 0 Å². The number of carbonyl (C=O) groups excluding carboxylic acids is 1. The van der Waals surface area contributed by atoms with Gasteiger partial charge in [0.05, 0.1) is 9.90 Å². The largest absolute Gasteiger partial charge is 0.399 e. The third-order valence-electron chi connectivity index (χ3n) is 2.11. The SMILES string of the molecule is Nc1ccc(C(=O)c2cc(Br)c(Cl)s2)c(Cl)c1. The summed E-state index contributed by atoms with van der Waals surface area (Å²) in [5.74, 6) is -0.160. The Labute approximate surface area is 120 Å². The van der Waals surface area contributed by atoms with Gasteiger partial charge in [0, 0.05) is 15.7 Å². The average Bonchev–Trinajstić information content (AvgIpc) is 2.58. The lowest BCUT2D eigenvalue weighted by molar-refractivity contribution is 0.104. The van der Waals surface area contributed by atoms with Gasteiger partial charge in [-0.3, -0.25) is 4.79 Å². The van der Waals surface area contributed by atoms with Crippen LogP contribution < -0.4 is 5.73 Å². The van der Waals surface area contributed by atoms with Gasteiger partial charge >= 0.3 is 0 Å². The van der Waals surface area contributed by atoms with Crippen molar-refractivity contribution >= 4 is 61.9 Å². The number of thiophene rings is 1. The Balaban J connectivity index is 2.43. The zero-order valence-corrected chi connectivity index (χ0v) is 12.3. The summed E-state index contributed by atoms with van der Waals surface area (Å²) >= 11 is 16.3. The number of halogens is 3. The van der Waals surface area contributed by atoms with Crippen molar-refractivity contribution in [1.82, 2.24) is 0 Å². The first-order chi connectivity index (χ1) is 7.99. The van der Waals surface area contributed by atoms with Gasteiger partial charge in [0.2, 0.25) is 5.78 Å². The molecular formula is C11H6BrCl2NOS. The topological polar surface area (TPSA) is 43.1 Å². The quantitative estimate of drug-likeness (QED) is 0.633. The Hall–Kier alpha value is -0.550. The van der Waals surface area contributed by atoms with Crippen LogP contribution in [-0.2, 0) is 0 Å². The van der Waals surface area contributed by atoms with Crippen LogP contribution in [0.5, 0.6) is 0 Å². The molecule has 1 aromatic heterocycles. The van der Waals surface area contributed by atoms with Gasteiger partial charge in [0.1, 0.15) is 4.34 Å². The van der Waals surface area contributed by atoms with Crippen LogP contribution in [0, 0.1) is 0 Å². The second-order valence-electron chi connectivity index (χ2n) is 3.30. The molecule has 0 saturated carbocycles. The van der Waals surface area contributed by atoms with E-state index in [1.54, 1.807) is 24.3 Å². The lowest BCUT2D eigenvalue weighted by atomic mass is 10.1. The molecule has 0 aliphatic carbocycles. The number of rotatable bonds is 2. The van der Waals surface area contributed by atoms with Crippen LogP contribution >= 0.6 is 50.5 Å². The first-order valence-electron chi connectivity index (χ1n) is 4.53. The molecule has 0 bridgehead atoms. The van der Waals surface area contributed by atoms with Gasteiger partial charge in [-0.2, -0.15) is 0 Å². The number of nitrogens with two attached hydrogens (primary N) is 1. The van der Waals surface area contributed by atoms with Gasteiger partial charge in [0.15, 0.2) is 0 Å². The first-order valence-corrected chi connectivity index (χ1v) is 6.90. The van der Waals surface area contributed by atoms with Gasteiger partial charge in [-0.1, -0.05) is 23.2 Å². The predicted molar refractivity (Wildman–Crippen MR) is 76.3 cm³/mol. The minimum absolute atomic E-state index is 0.160. The molecule has 0 atom stereocenters. The Bertz CT molecular complexity index is 578. The zero-order valence-electron chi connectivity index (χ0n) is 8.34. The number of ketones is 1. The van der Waals surface area contributed by atoms with Crippen molar-refractivity contribution in [3.05, 3.63) is 48.5 Å². The average molecular weight is 351 g/mol. The Morgan fingerprint density at radius 2 is 2.00 bits per heavy atom. The highest BCUT2D eigenvalue weighted by atomic mass is 79.9. The van der Waals surface area contributed by atoms with Crippen molar-refractivity contribution in [2.45, 2.75) is 0 Å². The van der Waals surface area contributed by atoms with Crippen LogP contribution in [0.3, 0.4) is 0 Å². The number of hydrogen-bond donors (Lipinski definition) is 1. The van der Waals surface area contributed by atoms with E-state index in [0.29, 0.717) is 30.0 Å². The zero-order chi connectivity index (χ0) is 12.6. The molecule has 0 radical (unpaired) electrons. The second kappa shape index (κ2) is 4.98. The lowest BCUT2D eigenvalue weighted by Crippen LogP contribution is -2.00. The molecule has 17 heavy (non-hydrogen) atoms. The summed E-state index contributed by atoms with van der Waals surface area (Å²) in [5, 5.41) is 0.343.